The molecule has 0 spiro atoms. The molecule has 1 aliphatic rings. The molecule has 0 saturated carbocycles. The number of carbonyl (C=O) groups excluding carboxylic acids is 1. The molecule has 1 saturated heterocycles. The normalized spacial score (nSPS) is 14.8. The number of aryl methyl sites for hydroxylation is 3. The van der Waals surface area contributed by atoms with E-state index in [9.17, 15) is 9.18 Å². The second kappa shape index (κ2) is 6.88. The number of benzene rings is 1. The fourth-order valence-electron chi connectivity index (χ4n) is 3.46. The lowest BCUT2D eigenvalue weighted by Crippen LogP contribution is -2.49. The van der Waals surface area contributed by atoms with Crippen LogP contribution in [0.3, 0.4) is 0 Å². The predicted octanol–water partition coefficient (Wildman–Crippen LogP) is 3.72. The summed E-state index contributed by atoms with van der Waals surface area (Å²) in [5.41, 5.74) is 1.75. The molecule has 3 heterocycles. The highest BCUT2D eigenvalue weighted by Crippen LogP contribution is 2.35. The van der Waals surface area contributed by atoms with Gasteiger partial charge < -0.3 is 9.80 Å². The third-order valence-corrected chi connectivity index (χ3v) is 6.18. The molecule has 0 radical (unpaired) electrons. The SMILES string of the molecule is Cc1nc(N2CCN(C(=O)c3ccc(F)cc3)CC2)c2c(C)c(C)sc2n1. The Kier molecular flexibility index (Phi) is 4.55. The topological polar surface area (TPSA) is 49.3 Å². The average molecular weight is 384 g/mol. The minimum atomic E-state index is -0.332. The van der Waals surface area contributed by atoms with E-state index in [1.54, 1.807) is 23.5 Å². The Balaban J connectivity index is 1.55. The molecule has 1 fully saturated rings. The van der Waals surface area contributed by atoms with Gasteiger partial charge in [-0.3, -0.25) is 4.79 Å². The van der Waals surface area contributed by atoms with Gasteiger partial charge in [0.2, 0.25) is 0 Å². The first-order chi connectivity index (χ1) is 12.9. The van der Waals surface area contributed by atoms with Gasteiger partial charge in [-0.15, -0.1) is 11.3 Å². The van der Waals surface area contributed by atoms with Crippen molar-refractivity contribution >= 4 is 33.3 Å². The third-order valence-electron chi connectivity index (χ3n) is 5.08. The number of halogens is 1. The van der Waals surface area contributed by atoms with E-state index in [0.717, 1.165) is 21.9 Å². The molecule has 5 nitrogen and oxygen atoms in total. The van der Waals surface area contributed by atoms with Crippen molar-refractivity contribution < 1.29 is 9.18 Å². The van der Waals surface area contributed by atoms with Crippen LogP contribution in [0.25, 0.3) is 10.2 Å². The Morgan fingerprint density at radius 1 is 1.04 bits per heavy atom. The largest absolute Gasteiger partial charge is 0.352 e. The van der Waals surface area contributed by atoms with Crippen LogP contribution >= 0.6 is 11.3 Å². The van der Waals surface area contributed by atoms with Gasteiger partial charge in [-0.2, -0.15) is 0 Å². The number of anilines is 1. The van der Waals surface area contributed by atoms with Gasteiger partial charge in [-0.25, -0.2) is 14.4 Å². The summed E-state index contributed by atoms with van der Waals surface area (Å²) in [5, 5.41) is 1.13. The van der Waals surface area contributed by atoms with Gasteiger partial charge in [0.25, 0.3) is 5.91 Å². The second-order valence-electron chi connectivity index (χ2n) is 6.84. The number of hydrogen-bond acceptors (Lipinski definition) is 5. The Bertz CT molecular complexity index is 1010. The Labute approximate surface area is 161 Å². The Morgan fingerprint density at radius 2 is 1.70 bits per heavy atom. The molecule has 0 aliphatic carbocycles. The van der Waals surface area contributed by atoms with Gasteiger partial charge in [0.1, 0.15) is 22.3 Å². The molecule has 2 aromatic heterocycles. The molecule has 1 amide bonds. The molecular formula is C20H21FN4OS. The first-order valence-electron chi connectivity index (χ1n) is 8.98. The van der Waals surface area contributed by atoms with E-state index in [0.29, 0.717) is 31.7 Å². The lowest BCUT2D eigenvalue weighted by molar-refractivity contribution is 0.0746. The van der Waals surface area contributed by atoms with Crippen LogP contribution in [0.5, 0.6) is 0 Å². The molecule has 27 heavy (non-hydrogen) atoms. The number of amides is 1. The van der Waals surface area contributed by atoms with Gasteiger partial charge in [-0.1, -0.05) is 0 Å². The van der Waals surface area contributed by atoms with Crippen molar-refractivity contribution in [2.75, 3.05) is 31.1 Å². The zero-order valence-electron chi connectivity index (χ0n) is 15.6. The monoisotopic (exact) mass is 384 g/mol. The predicted molar refractivity (Wildman–Crippen MR) is 106 cm³/mol. The van der Waals surface area contributed by atoms with Crippen molar-refractivity contribution in [2.24, 2.45) is 0 Å². The number of fused-ring (bicyclic) bond motifs is 1. The van der Waals surface area contributed by atoms with Crippen molar-refractivity contribution in [2.45, 2.75) is 20.8 Å². The van der Waals surface area contributed by atoms with Crippen LogP contribution in [0.1, 0.15) is 26.6 Å². The molecule has 4 rings (SSSR count). The van der Waals surface area contributed by atoms with Crippen molar-refractivity contribution in [1.82, 2.24) is 14.9 Å². The Hall–Kier alpha value is -2.54. The summed E-state index contributed by atoms with van der Waals surface area (Å²) in [6, 6.07) is 5.73. The van der Waals surface area contributed by atoms with Crippen LogP contribution in [0.2, 0.25) is 0 Å². The van der Waals surface area contributed by atoms with Gasteiger partial charge >= 0.3 is 0 Å². The van der Waals surface area contributed by atoms with Gasteiger partial charge in [0.05, 0.1) is 5.39 Å². The lowest BCUT2D eigenvalue weighted by Gasteiger charge is -2.36. The van der Waals surface area contributed by atoms with Gasteiger partial charge in [0.15, 0.2) is 0 Å². The molecule has 0 bridgehead atoms. The Morgan fingerprint density at radius 3 is 2.37 bits per heavy atom. The molecule has 1 aromatic carbocycles. The molecule has 1 aliphatic heterocycles. The summed E-state index contributed by atoms with van der Waals surface area (Å²) >= 11 is 1.70. The molecule has 3 aromatic rings. The third kappa shape index (κ3) is 3.27. The van der Waals surface area contributed by atoms with Crippen LogP contribution in [-0.4, -0.2) is 47.0 Å². The highest BCUT2D eigenvalue weighted by molar-refractivity contribution is 7.18. The fraction of sp³-hybridized carbons (Fsp3) is 0.350. The number of thiophene rings is 1. The maximum Gasteiger partial charge on any atom is 0.253 e. The smallest absolute Gasteiger partial charge is 0.253 e. The number of hydrogen-bond donors (Lipinski definition) is 0. The maximum absolute atomic E-state index is 13.1. The minimum Gasteiger partial charge on any atom is -0.352 e. The maximum atomic E-state index is 13.1. The first-order valence-corrected chi connectivity index (χ1v) is 9.80. The number of aromatic nitrogens is 2. The zero-order valence-corrected chi connectivity index (χ0v) is 16.4. The van der Waals surface area contributed by atoms with E-state index in [4.69, 9.17) is 4.98 Å². The average Bonchev–Trinajstić information content (AvgIpc) is 2.95. The standard InChI is InChI=1S/C20H21FN4OS/c1-12-13(2)27-19-17(12)18(22-14(3)23-19)24-8-10-25(11-9-24)20(26)15-4-6-16(21)7-5-15/h4-7H,8-11H2,1-3H3. The number of piperazine rings is 1. The van der Waals surface area contributed by atoms with Gasteiger partial charge in [0, 0.05) is 36.6 Å². The minimum absolute atomic E-state index is 0.0544. The summed E-state index contributed by atoms with van der Waals surface area (Å²) < 4.78 is 13.1. The van der Waals surface area contributed by atoms with E-state index in [2.05, 4.69) is 23.7 Å². The van der Waals surface area contributed by atoms with E-state index in [1.807, 2.05) is 11.8 Å². The van der Waals surface area contributed by atoms with Crippen molar-refractivity contribution in [3.8, 4) is 0 Å². The van der Waals surface area contributed by atoms with Crippen molar-refractivity contribution in [3.05, 3.63) is 51.9 Å². The van der Waals surface area contributed by atoms with Crippen LogP contribution in [0, 0.1) is 26.6 Å². The zero-order chi connectivity index (χ0) is 19.1. The number of carbonyl (C=O) groups is 1. The highest BCUT2D eigenvalue weighted by atomic mass is 32.1. The van der Waals surface area contributed by atoms with E-state index < -0.39 is 0 Å². The van der Waals surface area contributed by atoms with Crippen LogP contribution < -0.4 is 4.90 Å². The fourth-order valence-corrected chi connectivity index (χ4v) is 4.53. The van der Waals surface area contributed by atoms with Crippen LogP contribution in [0.15, 0.2) is 24.3 Å². The van der Waals surface area contributed by atoms with Gasteiger partial charge in [-0.05, 0) is 50.6 Å². The van der Waals surface area contributed by atoms with Crippen molar-refractivity contribution in [1.29, 1.82) is 0 Å². The van der Waals surface area contributed by atoms with Crippen LogP contribution in [0.4, 0.5) is 10.2 Å². The molecular weight excluding hydrogens is 363 g/mol. The summed E-state index contributed by atoms with van der Waals surface area (Å²) in [6.07, 6.45) is 0. The van der Waals surface area contributed by atoms with E-state index >= 15 is 0 Å². The number of rotatable bonds is 2. The first kappa shape index (κ1) is 17.9. The summed E-state index contributed by atoms with van der Waals surface area (Å²) in [5.74, 6) is 1.35. The summed E-state index contributed by atoms with van der Waals surface area (Å²) in [4.78, 5) is 28.3. The summed E-state index contributed by atoms with van der Waals surface area (Å²) in [7, 11) is 0. The summed E-state index contributed by atoms with van der Waals surface area (Å²) in [6.45, 7) is 8.80. The second-order valence-corrected chi connectivity index (χ2v) is 8.05. The van der Waals surface area contributed by atoms with E-state index in [1.165, 1.54) is 22.6 Å². The molecule has 0 atom stereocenters. The quantitative estimate of drug-likeness (QED) is 0.676. The molecule has 0 unspecified atom stereocenters. The molecule has 7 heteroatoms. The lowest BCUT2D eigenvalue weighted by atomic mass is 10.1. The number of nitrogens with zero attached hydrogens (tertiary/aromatic N) is 4. The molecule has 140 valence electrons. The van der Waals surface area contributed by atoms with Crippen molar-refractivity contribution in [3.63, 3.8) is 0 Å². The highest BCUT2D eigenvalue weighted by Gasteiger charge is 2.25. The molecule has 0 N–H and O–H groups in total. The van der Waals surface area contributed by atoms with E-state index in [-0.39, 0.29) is 11.7 Å². The van der Waals surface area contributed by atoms with Crippen LogP contribution in [-0.2, 0) is 0 Å².